The third-order valence-corrected chi connectivity index (χ3v) is 3.24. The number of phenolic OH excluding ortho intramolecular Hbond substituents is 5. The summed E-state index contributed by atoms with van der Waals surface area (Å²) in [5, 5.41) is 47.6. The lowest BCUT2D eigenvalue weighted by Crippen LogP contribution is -2.10. The van der Waals surface area contributed by atoms with Crippen LogP contribution < -0.4 is 4.74 Å². The molecule has 0 fully saturated rings. The highest BCUT2D eigenvalue weighted by Crippen LogP contribution is 2.39. The predicted octanol–water partition coefficient (Wildman–Crippen LogP) is 2.00. The van der Waals surface area contributed by atoms with Gasteiger partial charge in [0, 0.05) is 0 Å². The third kappa shape index (κ3) is 3.89. The first-order valence-corrected chi connectivity index (χ1v) is 7.44. The predicted molar refractivity (Wildman–Crippen MR) is 86.7 cm³/mol. The van der Waals surface area contributed by atoms with Crippen molar-refractivity contribution in [1.29, 1.82) is 0 Å². The first-order chi connectivity index (χ1) is 12.2. The van der Waals surface area contributed by atoms with Crippen molar-refractivity contribution in [1.82, 2.24) is 0 Å². The highest BCUT2D eigenvalue weighted by atomic mass is 16.5. The Bertz CT molecular complexity index is 835. The molecule has 0 aromatic heterocycles. The lowest BCUT2D eigenvalue weighted by atomic mass is 10.1. The quantitative estimate of drug-likeness (QED) is 0.304. The van der Waals surface area contributed by atoms with Gasteiger partial charge in [-0.1, -0.05) is 6.92 Å². The Balaban J connectivity index is 2.32. The number of esters is 2. The van der Waals surface area contributed by atoms with Crippen molar-refractivity contribution in [3.63, 3.8) is 0 Å². The van der Waals surface area contributed by atoms with E-state index in [4.69, 9.17) is 9.47 Å². The molecule has 138 valence electrons. The average Bonchev–Trinajstić information content (AvgIpc) is 2.60. The molecule has 0 bridgehead atoms. The van der Waals surface area contributed by atoms with Gasteiger partial charge in [0.05, 0.1) is 17.7 Å². The Hall–Kier alpha value is -3.62. The Morgan fingerprint density at radius 3 is 1.85 bits per heavy atom. The van der Waals surface area contributed by atoms with Crippen LogP contribution >= 0.6 is 0 Å². The highest BCUT2D eigenvalue weighted by Gasteiger charge is 2.21. The standard InChI is InChI=1S/C17H16O9/c1-2-3-25-16(23)9-6-12(20)15(22)13(7-9)26-17(24)8-4-10(18)14(21)11(19)5-8/h4-7,18-22H,2-3H2,1H3. The average molecular weight is 364 g/mol. The van der Waals surface area contributed by atoms with E-state index in [1.807, 2.05) is 0 Å². The molecule has 9 heteroatoms. The number of hydrogen-bond donors (Lipinski definition) is 5. The summed E-state index contributed by atoms with van der Waals surface area (Å²) in [7, 11) is 0. The van der Waals surface area contributed by atoms with E-state index in [9.17, 15) is 35.1 Å². The van der Waals surface area contributed by atoms with Gasteiger partial charge in [-0.3, -0.25) is 0 Å². The van der Waals surface area contributed by atoms with Crippen LogP contribution in [0, 0.1) is 0 Å². The van der Waals surface area contributed by atoms with Crippen LogP contribution in [-0.2, 0) is 4.74 Å². The van der Waals surface area contributed by atoms with Crippen LogP contribution in [0.15, 0.2) is 24.3 Å². The molecule has 0 aliphatic rings. The van der Waals surface area contributed by atoms with Gasteiger partial charge in [-0.15, -0.1) is 0 Å². The molecular weight excluding hydrogens is 348 g/mol. The van der Waals surface area contributed by atoms with Gasteiger partial charge < -0.3 is 35.0 Å². The lowest BCUT2D eigenvalue weighted by molar-refractivity contribution is 0.0502. The molecule has 2 aromatic carbocycles. The molecule has 0 radical (unpaired) electrons. The number of hydrogen-bond acceptors (Lipinski definition) is 9. The fraction of sp³-hybridized carbons (Fsp3) is 0.176. The monoisotopic (exact) mass is 364 g/mol. The number of aromatic hydroxyl groups is 5. The molecule has 0 unspecified atom stereocenters. The van der Waals surface area contributed by atoms with E-state index in [2.05, 4.69) is 0 Å². The van der Waals surface area contributed by atoms with Crippen LogP contribution in [-0.4, -0.2) is 44.1 Å². The minimum Gasteiger partial charge on any atom is -0.504 e. The molecule has 0 amide bonds. The molecule has 5 N–H and O–H groups in total. The number of benzene rings is 2. The molecule has 26 heavy (non-hydrogen) atoms. The van der Waals surface area contributed by atoms with Crippen LogP contribution in [0.4, 0.5) is 0 Å². The number of rotatable bonds is 5. The van der Waals surface area contributed by atoms with Crippen molar-refractivity contribution < 1.29 is 44.6 Å². The molecule has 2 aromatic rings. The first kappa shape index (κ1) is 18.7. The van der Waals surface area contributed by atoms with Gasteiger partial charge in [0.2, 0.25) is 5.75 Å². The lowest BCUT2D eigenvalue weighted by Gasteiger charge is -2.11. The van der Waals surface area contributed by atoms with E-state index in [-0.39, 0.29) is 17.7 Å². The second-order valence-electron chi connectivity index (χ2n) is 5.23. The van der Waals surface area contributed by atoms with E-state index in [0.717, 1.165) is 24.3 Å². The summed E-state index contributed by atoms with van der Waals surface area (Å²) < 4.78 is 9.79. The molecule has 0 saturated heterocycles. The number of ether oxygens (including phenoxy) is 2. The van der Waals surface area contributed by atoms with Crippen molar-refractivity contribution in [3.8, 4) is 34.5 Å². The minimum atomic E-state index is -1.13. The van der Waals surface area contributed by atoms with Crippen molar-refractivity contribution in [3.05, 3.63) is 35.4 Å². The number of phenols is 5. The third-order valence-electron chi connectivity index (χ3n) is 3.24. The first-order valence-electron chi connectivity index (χ1n) is 7.44. The highest BCUT2D eigenvalue weighted by molar-refractivity contribution is 5.94. The molecule has 0 spiro atoms. The summed E-state index contributed by atoms with van der Waals surface area (Å²) in [6.45, 7) is 1.93. The van der Waals surface area contributed by atoms with E-state index >= 15 is 0 Å². The minimum absolute atomic E-state index is 0.141. The van der Waals surface area contributed by atoms with E-state index < -0.39 is 46.4 Å². The summed E-state index contributed by atoms with van der Waals surface area (Å²) in [6, 6.07) is 3.59. The van der Waals surface area contributed by atoms with Gasteiger partial charge in [-0.05, 0) is 30.7 Å². The van der Waals surface area contributed by atoms with Crippen molar-refractivity contribution in [2.75, 3.05) is 6.61 Å². The van der Waals surface area contributed by atoms with Crippen LogP contribution in [0.1, 0.15) is 34.1 Å². The molecule has 0 saturated carbocycles. The van der Waals surface area contributed by atoms with Gasteiger partial charge in [0.15, 0.2) is 28.7 Å². The largest absolute Gasteiger partial charge is 0.504 e. The van der Waals surface area contributed by atoms with Gasteiger partial charge in [-0.25, -0.2) is 9.59 Å². The van der Waals surface area contributed by atoms with Crippen LogP contribution in [0.3, 0.4) is 0 Å². The zero-order valence-electron chi connectivity index (χ0n) is 13.6. The van der Waals surface area contributed by atoms with Crippen molar-refractivity contribution in [2.24, 2.45) is 0 Å². The fourth-order valence-corrected chi connectivity index (χ4v) is 1.95. The summed E-state index contributed by atoms with van der Waals surface area (Å²) in [4.78, 5) is 24.0. The van der Waals surface area contributed by atoms with Gasteiger partial charge in [0.1, 0.15) is 0 Å². The number of carbonyl (C=O) groups excluding carboxylic acids is 2. The second kappa shape index (κ2) is 7.51. The van der Waals surface area contributed by atoms with Crippen LogP contribution in [0.5, 0.6) is 34.5 Å². The molecule has 9 nitrogen and oxygen atoms in total. The summed E-state index contributed by atoms with van der Waals surface area (Å²) >= 11 is 0. The molecule has 0 atom stereocenters. The summed E-state index contributed by atoms with van der Waals surface area (Å²) in [5.74, 6) is -6.31. The maximum atomic E-state index is 12.1. The summed E-state index contributed by atoms with van der Waals surface area (Å²) in [5.41, 5.74) is -0.511. The smallest absolute Gasteiger partial charge is 0.343 e. The maximum Gasteiger partial charge on any atom is 0.343 e. The second-order valence-corrected chi connectivity index (χ2v) is 5.23. The zero-order valence-corrected chi connectivity index (χ0v) is 13.6. The molecule has 0 heterocycles. The van der Waals surface area contributed by atoms with E-state index in [1.54, 1.807) is 6.92 Å². The van der Waals surface area contributed by atoms with Gasteiger partial charge in [0.25, 0.3) is 0 Å². The van der Waals surface area contributed by atoms with Crippen LogP contribution in [0.2, 0.25) is 0 Å². The van der Waals surface area contributed by atoms with Gasteiger partial charge in [-0.2, -0.15) is 0 Å². The van der Waals surface area contributed by atoms with E-state index in [0.29, 0.717) is 6.42 Å². The Morgan fingerprint density at radius 1 is 0.808 bits per heavy atom. The molecular formula is C17H16O9. The molecule has 0 aliphatic carbocycles. The van der Waals surface area contributed by atoms with Gasteiger partial charge >= 0.3 is 11.9 Å². The Morgan fingerprint density at radius 2 is 1.31 bits per heavy atom. The van der Waals surface area contributed by atoms with Crippen LogP contribution in [0.25, 0.3) is 0 Å². The SMILES string of the molecule is CCCOC(=O)c1cc(O)c(O)c(OC(=O)c2cc(O)c(O)c(O)c2)c1. The number of carbonyl (C=O) groups is 2. The molecule has 0 aliphatic heterocycles. The zero-order chi connectivity index (χ0) is 19.4. The normalized spacial score (nSPS) is 10.3. The van der Waals surface area contributed by atoms with E-state index in [1.165, 1.54) is 0 Å². The topological polar surface area (TPSA) is 154 Å². The summed E-state index contributed by atoms with van der Waals surface area (Å²) in [6.07, 6.45) is 0.575. The molecule has 2 rings (SSSR count). The van der Waals surface area contributed by atoms with Crippen molar-refractivity contribution in [2.45, 2.75) is 13.3 Å². The van der Waals surface area contributed by atoms with Crippen molar-refractivity contribution >= 4 is 11.9 Å². The fourth-order valence-electron chi connectivity index (χ4n) is 1.95. The Labute approximate surface area is 147 Å². The Kier molecular flexibility index (Phi) is 5.41. The maximum absolute atomic E-state index is 12.1.